The van der Waals surface area contributed by atoms with Crippen molar-refractivity contribution in [3.05, 3.63) is 53.9 Å². The van der Waals surface area contributed by atoms with Crippen LogP contribution in [0.4, 0.5) is 11.4 Å². The Labute approximate surface area is 118 Å². The zero-order chi connectivity index (χ0) is 14.5. The molecule has 0 bridgehead atoms. The average Bonchev–Trinajstić information content (AvgIpc) is 2.53. The van der Waals surface area contributed by atoms with Crippen molar-refractivity contribution >= 4 is 11.4 Å². The summed E-state index contributed by atoms with van der Waals surface area (Å²) in [7, 11) is 1.94. The van der Waals surface area contributed by atoms with Gasteiger partial charge in [0.2, 0.25) is 0 Å². The van der Waals surface area contributed by atoms with Crippen LogP contribution in [0.1, 0.15) is 30.7 Å². The topological polar surface area (TPSA) is 60.1 Å². The second kappa shape index (κ2) is 6.18. The normalized spacial score (nSPS) is 11.7. The predicted octanol–water partition coefficient (Wildman–Crippen LogP) is 3.16. The summed E-state index contributed by atoms with van der Waals surface area (Å²) in [6.45, 7) is 1.92. The monoisotopic (exact) mass is 267 g/mol. The summed E-state index contributed by atoms with van der Waals surface area (Å²) in [5.74, 6) is 0. The first kappa shape index (κ1) is 14.0. The van der Waals surface area contributed by atoms with E-state index in [0.717, 1.165) is 11.4 Å². The van der Waals surface area contributed by atoms with E-state index in [0.29, 0.717) is 17.7 Å². The van der Waals surface area contributed by atoms with Gasteiger partial charge < -0.3 is 10.0 Å². The number of hydrogen-bond acceptors (Lipinski definition) is 4. The molecule has 0 saturated carbocycles. The van der Waals surface area contributed by atoms with Crippen molar-refractivity contribution in [1.29, 1.82) is 5.26 Å². The number of pyridine rings is 1. The lowest BCUT2D eigenvalue weighted by Gasteiger charge is -2.19. The van der Waals surface area contributed by atoms with Gasteiger partial charge >= 0.3 is 0 Å². The fourth-order valence-electron chi connectivity index (χ4n) is 1.91. The molecule has 2 rings (SSSR count). The van der Waals surface area contributed by atoms with Crippen LogP contribution in [0.2, 0.25) is 0 Å². The molecular weight excluding hydrogens is 250 g/mol. The van der Waals surface area contributed by atoms with Crippen LogP contribution in [0.3, 0.4) is 0 Å². The van der Waals surface area contributed by atoms with Crippen LogP contribution >= 0.6 is 0 Å². The van der Waals surface area contributed by atoms with Gasteiger partial charge in [-0.3, -0.25) is 4.98 Å². The number of aromatic nitrogens is 1. The maximum Gasteiger partial charge on any atom is 0.0991 e. The quantitative estimate of drug-likeness (QED) is 0.924. The lowest BCUT2D eigenvalue weighted by Crippen LogP contribution is -2.10. The first-order valence-electron chi connectivity index (χ1n) is 6.53. The van der Waals surface area contributed by atoms with Crippen molar-refractivity contribution in [3.8, 4) is 6.07 Å². The number of anilines is 2. The lowest BCUT2D eigenvalue weighted by molar-refractivity contribution is 0.169. The Morgan fingerprint density at radius 2 is 1.85 bits per heavy atom. The average molecular weight is 267 g/mol. The summed E-state index contributed by atoms with van der Waals surface area (Å²) in [5.41, 5.74) is 3.24. The summed E-state index contributed by atoms with van der Waals surface area (Å²) < 4.78 is 0. The fourth-order valence-corrected chi connectivity index (χ4v) is 1.91. The van der Waals surface area contributed by atoms with Crippen LogP contribution in [-0.2, 0) is 0 Å². The Hall–Kier alpha value is -2.38. The molecule has 1 atom stereocenters. The SMILES string of the molecule is CC[C@@H](O)c1ccc(N(C)c2ccc(C#N)cc2)cn1. The smallest absolute Gasteiger partial charge is 0.0991 e. The molecule has 102 valence electrons. The van der Waals surface area contributed by atoms with Crippen LogP contribution in [-0.4, -0.2) is 17.1 Å². The van der Waals surface area contributed by atoms with E-state index >= 15 is 0 Å². The lowest BCUT2D eigenvalue weighted by atomic mass is 10.1. The van der Waals surface area contributed by atoms with Gasteiger partial charge in [-0.1, -0.05) is 6.92 Å². The highest BCUT2D eigenvalue weighted by molar-refractivity contribution is 5.62. The fraction of sp³-hybridized carbons (Fsp3) is 0.250. The standard InChI is InChI=1S/C16H17N3O/c1-3-16(20)15-9-8-14(11-18-15)19(2)13-6-4-12(10-17)5-7-13/h4-9,11,16,20H,3H2,1-2H3/t16-/m1/s1. The van der Waals surface area contributed by atoms with E-state index in [1.165, 1.54) is 0 Å². The van der Waals surface area contributed by atoms with Gasteiger partial charge in [0.15, 0.2) is 0 Å². The molecular formula is C16H17N3O. The van der Waals surface area contributed by atoms with Crippen molar-refractivity contribution < 1.29 is 5.11 Å². The summed E-state index contributed by atoms with van der Waals surface area (Å²) >= 11 is 0. The molecule has 4 heteroatoms. The van der Waals surface area contributed by atoms with Crippen molar-refractivity contribution in [1.82, 2.24) is 4.98 Å². The minimum Gasteiger partial charge on any atom is -0.387 e. The minimum absolute atomic E-state index is 0.510. The van der Waals surface area contributed by atoms with E-state index < -0.39 is 6.10 Å². The predicted molar refractivity (Wildman–Crippen MR) is 78.7 cm³/mol. The number of aliphatic hydroxyl groups excluding tert-OH is 1. The second-order valence-corrected chi connectivity index (χ2v) is 4.58. The van der Waals surface area contributed by atoms with E-state index in [4.69, 9.17) is 5.26 Å². The van der Waals surface area contributed by atoms with Crippen molar-refractivity contribution in [2.75, 3.05) is 11.9 Å². The van der Waals surface area contributed by atoms with Crippen LogP contribution in [0.15, 0.2) is 42.6 Å². The van der Waals surface area contributed by atoms with Crippen molar-refractivity contribution in [3.63, 3.8) is 0 Å². The summed E-state index contributed by atoms with van der Waals surface area (Å²) in [5, 5.41) is 18.5. The third-order valence-electron chi connectivity index (χ3n) is 3.27. The van der Waals surface area contributed by atoms with Gasteiger partial charge in [-0.25, -0.2) is 0 Å². The zero-order valence-electron chi connectivity index (χ0n) is 11.6. The Balaban J connectivity index is 2.20. The van der Waals surface area contributed by atoms with Crippen molar-refractivity contribution in [2.45, 2.75) is 19.4 Å². The molecule has 1 aromatic heterocycles. The molecule has 0 aliphatic rings. The molecule has 0 aliphatic carbocycles. The first-order valence-corrected chi connectivity index (χ1v) is 6.53. The third kappa shape index (κ3) is 2.95. The summed E-state index contributed by atoms with van der Waals surface area (Å²) in [6, 6.07) is 13.2. The van der Waals surface area contributed by atoms with Gasteiger partial charge in [0.25, 0.3) is 0 Å². The molecule has 0 amide bonds. The van der Waals surface area contributed by atoms with E-state index in [2.05, 4.69) is 11.1 Å². The number of hydrogen-bond donors (Lipinski definition) is 1. The van der Waals surface area contributed by atoms with Gasteiger partial charge in [0.05, 0.1) is 35.3 Å². The molecule has 0 saturated heterocycles. The van der Waals surface area contributed by atoms with E-state index in [1.807, 2.05) is 43.1 Å². The number of rotatable bonds is 4. The second-order valence-electron chi connectivity index (χ2n) is 4.58. The van der Waals surface area contributed by atoms with Gasteiger partial charge in [-0.2, -0.15) is 5.26 Å². The Morgan fingerprint density at radius 1 is 1.20 bits per heavy atom. The highest BCUT2D eigenvalue weighted by atomic mass is 16.3. The van der Waals surface area contributed by atoms with Crippen LogP contribution in [0, 0.1) is 11.3 Å². The van der Waals surface area contributed by atoms with Gasteiger partial charge in [-0.15, -0.1) is 0 Å². The molecule has 1 aromatic carbocycles. The van der Waals surface area contributed by atoms with E-state index in [1.54, 1.807) is 18.3 Å². The molecule has 0 radical (unpaired) electrons. The Kier molecular flexibility index (Phi) is 4.34. The zero-order valence-corrected chi connectivity index (χ0v) is 11.6. The number of nitrogens with zero attached hydrogens (tertiary/aromatic N) is 3. The van der Waals surface area contributed by atoms with E-state index in [-0.39, 0.29) is 0 Å². The number of nitriles is 1. The van der Waals surface area contributed by atoms with E-state index in [9.17, 15) is 5.11 Å². The highest BCUT2D eigenvalue weighted by Gasteiger charge is 2.08. The molecule has 0 aliphatic heterocycles. The maximum absolute atomic E-state index is 9.73. The molecule has 0 fully saturated rings. The molecule has 20 heavy (non-hydrogen) atoms. The number of benzene rings is 1. The van der Waals surface area contributed by atoms with Gasteiger partial charge in [0, 0.05) is 12.7 Å². The Morgan fingerprint density at radius 3 is 2.35 bits per heavy atom. The molecule has 0 spiro atoms. The molecule has 2 aromatic rings. The van der Waals surface area contributed by atoms with Crippen LogP contribution in [0.5, 0.6) is 0 Å². The highest BCUT2D eigenvalue weighted by Crippen LogP contribution is 2.24. The molecule has 0 unspecified atom stereocenters. The largest absolute Gasteiger partial charge is 0.387 e. The molecule has 1 N–H and O–H groups in total. The maximum atomic E-state index is 9.73. The van der Waals surface area contributed by atoms with Crippen molar-refractivity contribution in [2.24, 2.45) is 0 Å². The molecule has 4 nitrogen and oxygen atoms in total. The summed E-state index contributed by atoms with van der Waals surface area (Å²) in [4.78, 5) is 6.27. The van der Waals surface area contributed by atoms with Crippen LogP contribution in [0.25, 0.3) is 0 Å². The third-order valence-corrected chi connectivity index (χ3v) is 3.27. The number of aliphatic hydroxyl groups is 1. The van der Waals surface area contributed by atoms with Crippen LogP contribution < -0.4 is 4.90 Å². The van der Waals surface area contributed by atoms with Gasteiger partial charge in [-0.05, 0) is 42.8 Å². The summed E-state index contributed by atoms with van der Waals surface area (Å²) in [6.07, 6.45) is 1.88. The molecule has 1 heterocycles. The van der Waals surface area contributed by atoms with Gasteiger partial charge in [0.1, 0.15) is 0 Å². The minimum atomic E-state index is -0.510. The first-order chi connectivity index (χ1) is 9.65. The Bertz CT molecular complexity index is 599.